The highest BCUT2D eigenvalue weighted by molar-refractivity contribution is 7.91. The number of aliphatic hydroxyl groups excluding tert-OH is 1. The Balaban J connectivity index is 1.28. The highest BCUT2D eigenvalue weighted by atomic mass is 35.5. The van der Waals surface area contributed by atoms with Crippen LogP contribution in [0.15, 0.2) is 58.8 Å². The molecule has 2 aromatic heterocycles. The van der Waals surface area contributed by atoms with Crippen LogP contribution >= 0.6 is 34.3 Å². The Morgan fingerprint density at radius 3 is 2.71 bits per heavy atom. The van der Waals surface area contributed by atoms with Crippen LogP contribution in [0.2, 0.25) is 5.02 Å². The number of carbonyl (C=O) groups excluding carboxylic acids is 2. The number of fused-ring (bicyclic) bond motifs is 2. The van der Waals surface area contributed by atoms with E-state index in [9.17, 15) is 23.1 Å². The molecule has 6 rings (SSSR count). The predicted molar refractivity (Wildman–Crippen MR) is 176 cm³/mol. The molecule has 4 aromatic rings. The van der Waals surface area contributed by atoms with Crippen LogP contribution in [0.5, 0.6) is 0 Å². The van der Waals surface area contributed by atoms with Crippen molar-refractivity contribution in [1.82, 2.24) is 24.4 Å². The molecule has 2 unspecified atom stereocenters. The van der Waals surface area contributed by atoms with E-state index in [0.717, 1.165) is 44.0 Å². The lowest BCUT2D eigenvalue weighted by Crippen LogP contribution is -2.57. The molecule has 2 aliphatic heterocycles. The Morgan fingerprint density at radius 2 is 1.93 bits per heavy atom. The van der Waals surface area contributed by atoms with Crippen LogP contribution in [-0.2, 0) is 34.3 Å². The van der Waals surface area contributed by atoms with Crippen molar-refractivity contribution in [2.24, 2.45) is 0 Å². The summed E-state index contributed by atoms with van der Waals surface area (Å²) >= 11 is 8.64. The average Bonchev–Trinajstić information content (AvgIpc) is 3.65. The lowest BCUT2D eigenvalue weighted by molar-refractivity contribution is -0.133. The second-order valence-corrected chi connectivity index (χ2v) is 16.1. The summed E-state index contributed by atoms with van der Waals surface area (Å²) in [5.74, 6) is -0.576. The lowest BCUT2D eigenvalue weighted by atomic mass is 10.1. The number of nitrogens with zero attached hydrogens (tertiary/aromatic N) is 4. The van der Waals surface area contributed by atoms with Crippen molar-refractivity contribution in [3.8, 4) is 0 Å². The van der Waals surface area contributed by atoms with Gasteiger partial charge >= 0.3 is 0 Å². The van der Waals surface area contributed by atoms with Gasteiger partial charge in [-0.3, -0.25) is 9.59 Å². The van der Waals surface area contributed by atoms with Crippen molar-refractivity contribution in [2.75, 3.05) is 32.8 Å². The minimum atomic E-state index is -3.92. The molecule has 2 N–H and O–H groups in total. The van der Waals surface area contributed by atoms with Gasteiger partial charge in [0.1, 0.15) is 4.21 Å². The number of amides is 2. The first-order chi connectivity index (χ1) is 21.6. The second kappa shape index (κ2) is 13.4. The van der Waals surface area contributed by atoms with Crippen molar-refractivity contribution in [2.45, 2.75) is 49.1 Å². The quantitative estimate of drug-likeness (QED) is 0.273. The van der Waals surface area contributed by atoms with Gasteiger partial charge in [-0.15, -0.1) is 22.7 Å². The lowest BCUT2D eigenvalue weighted by Gasteiger charge is -2.40. The number of aliphatic hydroxyl groups is 1. The van der Waals surface area contributed by atoms with Crippen molar-refractivity contribution < 1.29 is 23.1 Å². The van der Waals surface area contributed by atoms with Gasteiger partial charge in [0.15, 0.2) is 5.01 Å². The van der Waals surface area contributed by atoms with Gasteiger partial charge in [-0.2, -0.15) is 4.31 Å². The number of aromatic nitrogens is 1. The first-order valence-electron chi connectivity index (χ1n) is 14.8. The molecule has 1 saturated heterocycles. The van der Waals surface area contributed by atoms with Crippen molar-refractivity contribution in [3.63, 3.8) is 0 Å². The van der Waals surface area contributed by atoms with Gasteiger partial charge in [-0.05, 0) is 36.1 Å². The highest BCUT2D eigenvalue weighted by Gasteiger charge is 2.40. The average molecular weight is 688 g/mol. The maximum atomic E-state index is 14.0. The van der Waals surface area contributed by atoms with Crippen molar-refractivity contribution >= 4 is 66.2 Å². The molecule has 0 aliphatic carbocycles. The summed E-state index contributed by atoms with van der Waals surface area (Å²) < 4.78 is 30.1. The minimum Gasteiger partial charge on any atom is -0.395 e. The van der Waals surface area contributed by atoms with Crippen LogP contribution in [0, 0.1) is 0 Å². The van der Waals surface area contributed by atoms with Crippen LogP contribution in [0.4, 0.5) is 0 Å². The van der Waals surface area contributed by atoms with E-state index in [4.69, 9.17) is 11.6 Å². The van der Waals surface area contributed by atoms with E-state index in [-0.39, 0.29) is 67.8 Å². The summed E-state index contributed by atoms with van der Waals surface area (Å²) in [6.45, 7) is 3.06. The van der Waals surface area contributed by atoms with Gasteiger partial charge < -0.3 is 20.2 Å². The number of thiophene rings is 1. The molecule has 14 heteroatoms. The Hall–Kier alpha value is -2.91. The number of benzene rings is 2. The summed E-state index contributed by atoms with van der Waals surface area (Å²) in [7, 11) is -3.92. The third-order valence-corrected chi connectivity index (χ3v) is 12.9. The molecule has 238 valence electrons. The SMILES string of the molecule is CC1Cc2nc(C(=O)N3CCN(S(=O)(=O)c4cc5ccc(Cl)cc5s4)CC3CC(=O)N(CCO)Cc3ccccc3)sc2CN1. The molecule has 45 heavy (non-hydrogen) atoms. The molecule has 2 atom stereocenters. The van der Waals surface area contributed by atoms with Crippen molar-refractivity contribution in [3.05, 3.63) is 80.8 Å². The molecular formula is C31H34ClN5O5S3. The van der Waals surface area contributed by atoms with Gasteiger partial charge in [-0.25, -0.2) is 13.4 Å². The molecular weight excluding hydrogens is 654 g/mol. The van der Waals surface area contributed by atoms with Gasteiger partial charge in [0.25, 0.3) is 15.9 Å². The molecule has 2 amide bonds. The van der Waals surface area contributed by atoms with E-state index in [2.05, 4.69) is 17.2 Å². The summed E-state index contributed by atoms with van der Waals surface area (Å²) in [5.41, 5.74) is 1.81. The maximum Gasteiger partial charge on any atom is 0.283 e. The van der Waals surface area contributed by atoms with Crippen LogP contribution in [0.1, 0.15) is 39.3 Å². The smallest absolute Gasteiger partial charge is 0.283 e. The number of rotatable bonds is 9. The van der Waals surface area contributed by atoms with Crippen molar-refractivity contribution in [1.29, 1.82) is 0 Å². The fraction of sp³-hybridized carbons (Fsp3) is 0.387. The van der Waals surface area contributed by atoms with Gasteiger partial charge in [0, 0.05) is 72.8 Å². The van der Waals surface area contributed by atoms with Gasteiger partial charge in [-0.1, -0.05) is 48.0 Å². The summed E-state index contributed by atoms with van der Waals surface area (Å²) in [6.07, 6.45) is 0.624. The van der Waals surface area contributed by atoms with Crippen LogP contribution in [-0.4, -0.2) is 89.3 Å². The van der Waals surface area contributed by atoms with E-state index in [1.165, 1.54) is 15.6 Å². The predicted octanol–water partition coefficient (Wildman–Crippen LogP) is 3.97. The number of carbonyl (C=O) groups is 2. The zero-order valence-corrected chi connectivity index (χ0v) is 27.9. The zero-order chi connectivity index (χ0) is 31.7. The monoisotopic (exact) mass is 687 g/mol. The number of halogens is 1. The Labute approximate surface area is 275 Å². The van der Waals surface area contributed by atoms with E-state index in [1.807, 2.05) is 30.3 Å². The largest absolute Gasteiger partial charge is 0.395 e. The Morgan fingerprint density at radius 1 is 1.13 bits per heavy atom. The third kappa shape index (κ3) is 6.94. The number of hydrogen-bond donors (Lipinski definition) is 2. The summed E-state index contributed by atoms with van der Waals surface area (Å²) in [6, 6.07) is 15.9. The molecule has 10 nitrogen and oxygen atoms in total. The minimum absolute atomic E-state index is 0.0448. The van der Waals surface area contributed by atoms with E-state index < -0.39 is 16.1 Å². The standard InChI is InChI=1S/C31H34ClN5O5S3/c1-20-13-25-27(17-33-20)44-30(34-25)31(40)37-10-9-36(45(41,42)29-14-22-7-8-23(32)15-26(22)43-29)19-24(37)16-28(39)35(11-12-38)18-21-5-3-2-4-6-21/h2-8,14-15,20,24,33,38H,9-13,16-19H2,1H3. The Bertz CT molecular complexity index is 1810. The number of hydrogen-bond acceptors (Lipinski definition) is 9. The normalized spacial score (nSPS) is 19.0. The number of nitrogens with one attached hydrogen (secondary N) is 1. The molecule has 2 aliphatic rings. The maximum absolute atomic E-state index is 14.0. The first-order valence-corrected chi connectivity index (χ1v) is 18.2. The van der Waals surface area contributed by atoms with Crippen LogP contribution in [0.25, 0.3) is 10.1 Å². The molecule has 0 saturated carbocycles. The third-order valence-electron chi connectivity index (χ3n) is 8.18. The van der Waals surface area contributed by atoms with E-state index in [0.29, 0.717) is 16.6 Å². The summed E-state index contributed by atoms with van der Waals surface area (Å²) in [4.78, 5) is 36.6. The Kier molecular flexibility index (Phi) is 9.57. The molecule has 0 radical (unpaired) electrons. The topological polar surface area (TPSA) is 123 Å². The zero-order valence-electron chi connectivity index (χ0n) is 24.7. The fourth-order valence-corrected chi connectivity index (χ4v) is 10.1. The number of thiazole rings is 1. The van der Waals surface area contributed by atoms with E-state index >= 15 is 0 Å². The van der Waals surface area contributed by atoms with E-state index in [1.54, 1.807) is 34.1 Å². The van der Waals surface area contributed by atoms with Crippen LogP contribution < -0.4 is 5.32 Å². The molecule has 4 heterocycles. The van der Waals surface area contributed by atoms with Gasteiger partial charge in [0.05, 0.1) is 18.3 Å². The molecule has 1 fully saturated rings. The number of sulfonamides is 1. The van der Waals surface area contributed by atoms with Crippen LogP contribution in [0.3, 0.4) is 0 Å². The van der Waals surface area contributed by atoms with Gasteiger partial charge in [0.2, 0.25) is 5.91 Å². The molecule has 2 aromatic carbocycles. The highest BCUT2D eigenvalue weighted by Crippen LogP contribution is 2.34. The fourth-order valence-electron chi connectivity index (χ4n) is 5.79. The first kappa shape index (κ1) is 32.0. The summed E-state index contributed by atoms with van der Waals surface area (Å²) in [5, 5.41) is 14.8. The number of piperazine rings is 1. The molecule has 0 spiro atoms. The second-order valence-electron chi connectivity index (χ2n) is 11.4. The molecule has 0 bridgehead atoms.